The molecular weight excluding hydrogens is 415 g/mol. The topological polar surface area (TPSA) is 50.8 Å². The van der Waals surface area contributed by atoms with Gasteiger partial charge in [-0.1, -0.05) is 29.8 Å². The van der Waals surface area contributed by atoms with Crippen molar-refractivity contribution in [2.24, 2.45) is 0 Å². The molecule has 1 heterocycles. The van der Waals surface area contributed by atoms with Gasteiger partial charge in [0, 0.05) is 30.2 Å². The van der Waals surface area contributed by atoms with Crippen LogP contribution in [0.4, 0.5) is 4.39 Å². The third kappa shape index (κ3) is 5.88. The van der Waals surface area contributed by atoms with Gasteiger partial charge in [0.1, 0.15) is 24.3 Å². The number of thiocarbonyl (C=S) groups is 1. The summed E-state index contributed by atoms with van der Waals surface area (Å²) in [6.07, 6.45) is -0.215. The van der Waals surface area contributed by atoms with Crippen LogP contribution in [0.15, 0.2) is 42.5 Å². The first-order valence-electron chi connectivity index (χ1n) is 9.25. The minimum absolute atomic E-state index is 0.118. The van der Waals surface area contributed by atoms with Gasteiger partial charge in [0.25, 0.3) is 0 Å². The van der Waals surface area contributed by atoms with Crippen LogP contribution in [0, 0.1) is 5.82 Å². The Morgan fingerprint density at radius 2 is 2.17 bits per heavy atom. The molecule has 154 valence electrons. The molecular formula is C21H22ClFN2O3S. The first kappa shape index (κ1) is 21.5. The summed E-state index contributed by atoms with van der Waals surface area (Å²) in [4.78, 5) is 13.8. The summed E-state index contributed by atoms with van der Waals surface area (Å²) in [6.45, 7) is 3.73. The van der Waals surface area contributed by atoms with Gasteiger partial charge in [-0.2, -0.15) is 0 Å². The highest BCUT2D eigenvalue weighted by Gasteiger charge is 2.23. The SMILES string of the molecule is CC(=O)c1cc(Cl)ccc1OCC1CN(C(=S)NCc2ccccc2F)CCO1. The smallest absolute Gasteiger partial charge is 0.169 e. The number of benzene rings is 2. The number of carbonyl (C=O) groups excluding carboxylic acids is 1. The fourth-order valence-corrected chi connectivity index (χ4v) is 3.43. The number of hydrogen-bond acceptors (Lipinski definition) is 4. The zero-order valence-electron chi connectivity index (χ0n) is 16.0. The molecule has 3 rings (SSSR count). The second-order valence-electron chi connectivity index (χ2n) is 6.70. The lowest BCUT2D eigenvalue weighted by Crippen LogP contribution is -2.50. The van der Waals surface area contributed by atoms with Gasteiger partial charge in [-0.15, -0.1) is 0 Å². The van der Waals surface area contributed by atoms with Gasteiger partial charge in [0.2, 0.25) is 0 Å². The Hall–Kier alpha value is -2.22. The highest BCUT2D eigenvalue weighted by molar-refractivity contribution is 7.80. The number of nitrogens with one attached hydrogen (secondary N) is 1. The van der Waals surface area contributed by atoms with Gasteiger partial charge < -0.3 is 19.7 Å². The number of ketones is 1. The van der Waals surface area contributed by atoms with Crippen LogP contribution < -0.4 is 10.1 Å². The quantitative estimate of drug-likeness (QED) is 0.548. The summed E-state index contributed by atoms with van der Waals surface area (Å²) in [7, 11) is 0. The Bertz CT molecular complexity index is 896. The van der Waals surface area contributed by atoms with Gasteiger partial charge >= 0.3 is 0 Å². The molecule has 29 heavy (non-hydrogen) atoms. The van der Waals surface area contributed by atoms with Crippen molar-refractivity contribution in [1.29, 1.82) is 0 Å². The second-order valence-corrected chi connectivity index (χ2v) is 7.52. The number of carbonyl (C=O) groups is 1. The van der Waals surface area contributed by atoms with Crippen LogP contribution >= 0.6 is 23.8 Å². The third-order valence-electron chi connectivity index (χ3n) is 4.56. The van der Waals surface area contributed by atoms with Crippen LogP contribution in [0.25, 0.3) is 0 Å². The number of hydrogen-bond donors (Lipinski definition) is 1. The van der Waals surface area contributed by atoms with Crippen LogP contribution in [-0.4, -0.2) is 48.2 Å². The van der Waals surface area contributed by atoms with E-state index in [2.05, 4.69) is 5.32 Å². The molecule has 8 heteroatoms. The van der Waals surface area contributed by atoms with Crippen LogP contribution in [0.1, 0.15) is 22.8 Å². The van der Waals surface area contributed by atoms with Crippen molar-refractivity contribution < 1.29 is 18.7 Å². The van der Waals surface area contributed by atoms with Crippen LogP contribution in [0.3, 0.4) is 0 Å². The van der Waals surface area contributed by atoms with Crippen molar-refractivity contribution in [3.63, 3.8) is 0 Å². The lowest BCUT2D eigenvalue weighted by atomic mass is 10.1. The largest absolute Gasteiger partial charge is 0.490 e. The molecule has 0 amide bonds. The Balaban J connectivity index is 1.53. The van der Waals surface area contributed by atoms with E-state index in [0.717, 1.165) is 0 Å². The maximum absolute atomic E-state index is 13.8. The minimum Gasteiger partial charge on any atom is -0.490 e. The van der Waals surface area contributed by atoms with E-state index in [9.17, 15) is 9.18 Å². The lowest BCUT2D eigenvalue weighted by molar-refractivity contribution is -0.0289. The molecule has 0 saturated carbocycles. The average molecular weight is 437 g/mol. The van der Waals surface area contributed by atoms with Crippen LogP contribution in [-0.2, 0) is 11.3 Å². The van der Waals surface area contributed by atoms with E-state index >= 15 is 0 Å². The first-order valence-corrected chi connectivity index (χ1v) is 10.0. The summed E-state index contributed by atoms with van der Waals surface area (Å²) in [5.74, 6) is 0.0929. The van der Waals surface area contributed by atoms with Gasteiger partial charge in [0.15, 0.2) is 10.9 Å². The van der Waals surface area contributed by atoms with E-state index in [1.807, 2.05) is 4.90 Å². The zero-order chi connectivity index (χ0) is 20.8. The van der Waals surface area contributed by atoms with E-state index in [-0.39, 0.29) is 24.3 Å². The molecule has 1 saturated heterocycles. The van der Waals surface area contributed by atoms with Crippen molar-refractivity contribution in [2.45, 2.75) is 19.6 Å². The fraction of sp³-hybridized carbons (Fsp3) is 0.333. The second kappa shape index (κ2) is 10.0. The number of halogens is 2. The van der Waals surface area contributed by atoms with Gasteiger partial charge in [0.05, 0.1) is 12.2 Å². The van der Waals surface area contributed by atoms with Crippen molar-refractivity contribution >= 4 is 34.7 Å². The normalized spacial score (nSPS) is 16.4. The van der Waals surface area contributed by atoms with E-state index in [0.29, 0.717) is 53.3 Å². The predicted octanol–water partition coefficient (Wildman–Crippen LogP) is 3.84. The average Bonchev–Trinajstić information content (AvgIpc) is 2.72. The molecule has 5 nitrogen and oxygen atoms in total. The van der Waals surface area contributed by atoms with Gasteiger partial charge in [-0.05, 0) is 43.4 Å². The number of nitrogens with zero attached hydrogens (tertiary/aromatic N) is 1. The van der Waals surface area contributed by atoms with Crippen LogP contribution in [0.5, 0.6) is 5.75 Å². The summed E-state index contributed by atoms with van der Waals surface area (Å²) >= 11 is 11.4. The maximum atomic E-state index is 13.8. The standard InChI is InChI=1S/C21H22ClFN2O3S/c1-14(26)18-10-16(22)6-7-20(18)28-13-17-12-25(8-9-27-17)21(29)24-11-15-4-2-3-5-19(15)23/h2-7,10,17H,8-9,11-13H2,1H3,(H,24,29). The molecule has 1 fully saturated rings. The number of ether oxygens (including phenoxy) is 2. The van der Waals surface area contributed by atoms with Crippen molar-refractivity contribution in [3.05, 3.63) is 64.4 Å². The van der Waals surface area contributed by atoms with Crippen molar-refractivity contribution in [2.75, 3.05) is 26.3 Å². The first-order chi connectivity index (χ1) is 13.9. The molecule has 0 aromatic heterocycles. The minimum atomic E-state index is -0.264. The van der Waals surface area contributed by atoms with Crippen LogP contribution in [0.2, 0.25) is 5.02 Å². The lowest BCUT2D eigenvalue weighted by Gasteiger charge is -2.34. The van der Waals surface area contributed by atoms with E-state index < -0.39 is 0 Å². The molecule has 1 aliphatic rings. The number of Topliss-reactive ketones (excluding diaryl/α,β-unsaturated/α-hetero) is 1. The van der Waals surface area contributed by atoms with Gasteiger partial charge in [-0.3, -0.25) is 4.79 Å². The highest BCUT2D eigenvalue weighted by Crippen LogP contribution is 2.24. The molecule has 2 aromatic rings. The Morgan fingerprint density at radius 3 is 2.93 bits per heavy atom. The van der Waals surface area contributed by atoms with Crippen molar-refractivity contribution in [3.8, 4) is 5.75 Å². The maximum Gasteiger partial charge on any atom is 0.169 e. The number of rotatable bonds is 6. The van der Waals surface area contributed by atoms with E-state index in [1.54, 1.807) is 36.4 Å². The Kier molecular flexibility index (Phi) is 7.41. The number of morpholine rings is 1. The summed E-state index contributed by atoms with van der Waals surface area (Å²) in [5, 5.41) is 4.12. The van der Waals surface area contributed by atoms with E-state index in [4.69, 9.17) is 33.3 Å². The molecule has 0 spiro atoms. The summed E-state index contributed by atoms with van der Waals surface area (Å²) in [6, 6.07) is 11.5. The molecule has 1 unspecified atom stereocenters. The molecule has 1 aliphatic heterocycles. The van der Waals surface area contributed by atoms with Crippen molar-refractivity contribution in [1.82, 2.24) is 10.2 Å². The molecule has 2 aromatic carbocycles. The summed E-state index contributed by atoms with van der Waals surface area (Å²) in [5.41, 5.74) is 0.995. The van der Waals surface area contributed by atoms with Gasteiger partial charge in [-0.25, -0.2) is 4.39 Å². The summed E-state index contributed by atoms with van der Waals surface area (Å²) < 4.78 is 25.3. The molecule has 1 N–H and O–H groups in total. The highest BCUT2D eigenvalue weighted by atomic mass is 35.5. The molecule has 1 atom stereocenters. The predicted molar refractivity (Wildman–Crippen MR) is 114 cm³/mol. The monoisotopic (exact) mass is 436 g/mol. The zero-order valence-corrected chi connectivity index (χ0v) is 17.6. The third-order valence-corrected chi connectivity index (χ3v) is 5.20. The Morgan fingerprint density at radius 1 is 1.38 bits per heavy atom. The molecule has 0 radical (unpaired) electrons. The molecule has 0 aliphatic carbocycles. The van der Waals surface area contributed by atoms with E-state index in [1.165, 1.54) is 13.0 Å². The molecule has 0 bridgehead atoms. The Labute approximate surface area is 179 Å². The fourth-order valence-electron chi connectivity index (χ4n) is 3.01.